The lowest BCUT2D eigenvalue weighted by atomic mass is 9.99. The van der Waals surface area contributed by atoms with Gasteiger partial charge in [0.2, 0.25) is 0 Å². The monoisotopic (exact) mass is 461 g/mol. The number of ether oxygens (including phenoxy) is 3. The number of methoxy groups -OCH3 is 3. The summed E-state index contributed by atoms with van der Waals surface area (Å²) in [7, 11) is 3.57. The van der Waals surface area contributed by atoms with Gasteiger partial charge in [-0.15, -0.1) is 0 Å². The molecular weight excluding hydrogens is 450 g/mol. The first-order chi connectivity index (χ1) is 11.4. The second-order valence-corrected chi connectivity index (χ2v) is 6.32. The van der Waals surface area contributed by atoms with Crippen LogP contribution in [0.2, 0.25) is 0 Å². The number of rotatable bonds is 3. The standard InChI is InChI=1S/C15H13Br2NO6/c1-22-13(19)11(14(20)23-2)10-8-5-4-7(16)6-9(8)18(12(10)17)15(21)24-3/h4-6,11H,1-3H3. The molecule has 0 atom stereocenters. The fourth-order valence-electron chi connectivity index (χ4n) is 2.37. The van der Waals surface area contributed by atoms with Crippen LogP contribution in [0, 0.1) is 0 Å². The predicted molar refractivity (Wildman–Crippen MR) is 91.9 cm³/mol. The van der Waals surface area contributed by atoms with E-state index in [2.05, 4.69) is 31.9 Å². The molecule has 0 fully saturated rings. The Kier molecular flexibility index (Phi) is 5.66. The highest BCUT2D eigenvalue weighted by Crippen LogP contribution is 2.38. The van der Waals surface area contributed by atoms with Crippen LogP contribution in [-0.2, 0) is 23.8 Å². The minimum absolute atomic E-state index is 0.211. The Morgan fingerprint density at radius 1 is 1.00 bits per heavy atom. The molecule has 0 unspecified atom stereocenters. The molecule has 9 heteroatoms. The summed E-state index contributed by atoms with van der Waals surface area (Å²) in [5.74, 6) is -2.94. The Hall–Kier alpha value is -1.87. The summed E-state index contributed by atoms with van der Waals surface area (Å²) in [6, 6.07) is 5.08. The second kappa shape index (κ2) is 7.35. The molecule has 0 N–H and O–H groups in total. The van der Waals surface area contributed by atoms with Crippen LogP contribution in [0.5, 0.6) is 0 Å². The van der Waals surface area contributed by atoms with E-state index in [0.717, 1.165) is 0 Å². The largest absolute Gasteiger partial charge is 0.468 e. The summed E-state index contributed by atoms with van der Waals surface area (Å²) in [5.41, 5.74) is 0.720. The van der Waals surface area contributed by atoms with Crippen LogP contribution in [0.25, 0.3) is 10.9 Å². The van der Waals surface area contributed by atoms with Crippen LogP contribution in [-0.4, -0.2) is 43.9 Å². The zero-order valence-corrected chi connectivity index (χ0v) is 16.1. The van der Waals surface area contributed by atoms with E-state index in [0.29, 0.717) is 15.4 Å². The predicted octanol–water partition coefficient (Wildman–Crippen LogP) is 3.21. The summed E-state index contributed by atoms with van der Waals surface area (Å²) in [4.78, 5) is 36.4. The number of esters is 2. The molecule has 0 amide bonds. The molecule has 1 heterocycles. The van der Waals surface area contributed by atoms with Gasteiger partial charge < -0.3 is 14.2 Å². The molecule has 0 aliphatic carbocycles. The minimum Gasteiger partial charge on any atom is -0.468 e. The van der Waals surface area contributed by atoms with Crippen LogP contribution in [0.3, 0.4) is 0 Å². The highest BCUT2D eigenvalue weighted by molar-refractivity contribution is 9.10. The zero-order chi connectivity index (χ0) is 18.0. The van der Waals surface area contributed by atoms with E-state index in [4.69, 9.17) is 14.2 Å². The number of carbonyl (C=O) groups excluding carboxylic acids is 3. The van der Waals surface area contributed by atoms with E-state index in [9.17, 15) is 14.4 Å². The van der Waals surface area contributed by atoms with Gasteiger partial charge in [0, 0.05) is 15.4 Å². The van der Waals surface area contributed by atoms with Crippen molar-refractivity contribution in [1.82, 2.24) is 4.57 Å². The number of hydrogen-bond donors (Lipinski definition) is 0. The number of benzene rings is 1. The number of nitrogens with zero attached hydrogens (tertiary/aromatic N) is 1. The van der Waals surface area contributed by atoms with Gasteiger partial charge in [-0.1, -0.05) is 22.0 Å². The van der Waals surface area contributed by atoms with Crippen molar-refractivity contribution in [1.29, 1.82) is 0 Å². The van der Waals surface area contributed by atoms with Crippen molar-refractivity contribution >= 4 is 60.8 Å². The number of carbonyl (C=O) groups is 3. The van der Waals surface area contributed by atoms with Gasteiger partial charge in [0.05, 0.1) is 26.8 Å². The van der Waals surface area contributed by atoms with Gasteiger partial charge in [0.1, 0.15) is 4.60 Å². The molecule has 1 aromatic carbocycles. The third-order valence-electron chi connectivity index (χ3n) is 3.43. The molecule has 7 nitrogen and oxygen atoms in total. The first-order valence-electron chi connectivity index (χ1n) is 6.60. The summed E-state index contributed by atoms with van der Waals surface area (Å²) < 4.78 is 16.4. The molecule has 0 aliphatic rings. The minimum atomic E-state index is -1.34. The molecule has 2 rings (SSSR count). The number of hydrogen-bond acceptors (Lipinski definition) is 6. The Morgan fingerprint density at radius 3 is 2.08 bits per heavy atom. The summed E-state index contributed by atoms with van der Waals surface area (Å²) in [6.45, 7) is 0. The van der Waals surface area contributed by atoms with Gasteiger partial charge in [0.25, 0.3) is 0 Å². The Bertz CT molecular complexity index is 813. The highest BCUT2D eigenvalue weighted by Gasteiger charge is 2.37. The van der Waals surface area contributed by atoms with E-state index in [-0.39, 0.29) is 10.2 Å². The topological polar surface area (TPSA) is 83.8 Å². The van der Waals surface area contributed by atoms with Crippen molar-refractivity contribution < 1.29 is 28.6 Å². The van der Waals surface area contributed by atoms with E-state index >= 15 is 0 Å². The fourth-order valence-corrected chi connectivity index (χ4v) is 3.49. The number of halogens is 2. The van der Waals surface area contributed by atoms with Crippen molar-refractivity contribution in [3.05, 3.63) is 32.8 Å². The van der Waals surface area contributed by atoms with Crippen molar-refractivity contribution in [3.63, 3.8) is 0 Å². The lowest BCUT2D eigenvalue weighted by Gasteiger charge is -2.13. The first-order valence-corrected chi connectivity index (χ1v) is 8.19. The average Bonchev–Trinajstić information content (AvgIpc) is 2.85. The van der Waals surface area contributed by atoms with Gasteiger partial charge in [-0.25, -0.2) is 9.36 Å². The molecule has 0 saturated heterocycles. The maximum Gasteiger partial charge on any atom is 0.419 e. The molecule has 128 valence electrons. The van der Waals surface area contributed by atoms with Gasteiger partial charge in [-0.05, 0) is 28.1 Å². The van der Waals surface area contributed by atoms with Crippen molar-refractivity contribution in [2.45, 2.75) is 5.92 Å². The van der Waals surface area contributed by atoms with Crippen LogP contribution >= 0.6 is 31.9 Å². The van der Waals surface area contributed by atoms with Crippen LogP contribution in [0.15, 0.2) is 27.3 Å². The zero-order valence-electron chi connectivity index (χ0n) is 13.0. The average molecular weight is 463 g/mol. The van der Waals surface area contributed by atoms with Crippen LogP contribution in [0.1, 0.15) is 11.5 Å². The van der Waals surface area contributed by atoms with Gasteiger partial charge in [-0.3, -0.25) is 9.59 Å². The fraction of sp³-hybridized carbons (Fsp3) is 0.267. The van der Waals surface area contributed by atoms with Crippen LogP contribution < -0.4 is 0 Å². The number of fused-ring (bicyclic) bond motifs is 1. The lowest BCUT2D eigenvalue weighted by molar-refractivity contribution is -0.154. The van der Waals surface area contributed by atoms with Crippen molar-refractivity contribution in [2.75, 3.05) is 21.3 Å². The van der Waals surface area contributed by atoms with E-state index < -0.39 is 23.9 Å². The van der Waals surface area contributed by atoms with E-state index in [1.54, 1.807) is 18.2 Å². The number of aromatic nitrogens is 1. The maximum atomic E-state index is 12.1. The summed E-state index contributed by atoms with van der Waals surface area (Å²) in [5, 5.41) is 0.510. The third kappa shape index (κ3) is 3.05. The molecule has 0 saturated carbocycles. The quantitative estimate of drug-likeness (QED) is 0.395. The molecule has 0 spiro atoms. The molecule has 0 aliphatic heterocycles. The van der Waals surface area contributed by atoms with Gasteiger partial charge in [-0.2, -0.15) is 0 Å². The SMILES string of the molecule is COC(=O)C(C(=O)OC)c1c(Br)n(C(=O)OC)c2cc(Br)ccc12. The normalized spacial score (nSPS) is 10.8. The Morgan fingerprint density at radius 2 is 1.58 bits per heavy atom. The molecule has 24 heavy (non-hydrogen) atoms. The molecule has 0 radical (unpaired) electrons. The molecule has 2 aromatic rings. The van der Waals surface area contributed by atoms with E-state index in [1.165, 1.54) is 25.9 Å². The molecule has 1 aromatic heterocycles. The maximum absolute atomic E-state index is 12.1. The first kappa shape index (κ1) is 18.5. The van der Waals surface area contributed by atoms with E-state index in [1.807, 2.05) is 0 Å². The molecule has 0 bridgehead atoms. The Balaban J connectivity index is 2.87. The van der Waals surface area contributed by atoms with Gasteiger partial charge >= 0.3 is 18.0 Å². The van der Waals surface area contributed by atoms with Crippen molar-refractivity contribution in [2.24, 2.45) is 0 Å². The molecular formula is C15H13Br2NO6. The lowest BCUT2D eigenvalue weighted by Crippen LogP contribution is -2.25. The van der Waals surface area contributed by atoms with Gasteiger partial charge in [0.15, 0.2) is 5.92 Å². The van der Waals surface area contributed by atoms with Crippen LogP contribution in [0.4, 0.5) is 4.79 Å². The third-order valence-corrected chi connectivity index (χ3v) is 4.70. The Labute approximate surface area is 154 Å². The van der Waals surface area contributed by atoms with Crippen molar-refractivity contribution in [3.8, 4) is 0 Å². The summed E-state index contributed by atoms with van der Waals surface area (Å²) in [6.07, 6.45) is -0.676. The highest BCUT2D eigenvalue weighted by atomic mass is 79.9. The second-order valence-electron chi connectivity index (χ2n) is 4.65. The smallest absolute Gasteiger partial charge is 0.419 e. The summed E-state index contributed by atoms with van der Waals surface area (Å²) >= 11 is 6.62.